The van der Waals surface area contributed by atoms with Gasteiger partial charge in [0.05, 0.1) is 30.1 Å². The molecule has 5 N–H and O–H groups in total. The minimum atomic E-state index is -1.29. The number of aromatic nitrogens is 2. The average Bonchev–Trinajstić information content (AvgIpc) is 3.57. The molecule has 1 aliphatic heterocycles. The molecule has 0 amide bonds. The van der Waals surface area contributed by atoms with Gasteiger partial charge in [-0.2, -0.15) is 14.6 Å². The van der Waals surface area contributed by atoms with E-state index in [1.54, 1.807) is 12.3 Å². The number of fused-ring (bicyclic) bond motifs is 1. The van der Waals surface area contributed by atoms with E-state index in [4.69, 9.17) is 20.7 Å². The number of nitrogens with two attached hydrogens (primary N) is 1. The number of imidazole rings is 1. The van der Waals surface area contributed by atoms with E-state index in [1.165, 1.54) is 4.40 Å². The monoisotopic (exact) mass is 519 g/mol. The molecule has 0 aromatic carbocycles. The summed E-state index contributed by atoms with van der Waals surface area (Å²) in [6.07, 6.45) is 3.53. The lowest BCUT2D eigenvalue weighted by atomic mass is 9.84. The largest absolute Gasteiger partial charge is 0.385 e. The fourth-order valence-electron chi connectivity index (χ4n) is 4.23. The quantitative estimate of drug-likeness (QED) is 0.234. The predicted molar refractivity (Wildman–Crippen MR) is 135 cm³/mol. The lowest BCUT2D eigenvalue weighted by Crippen LogP contribution is -2.43. The molecular weight excluding hydrogens is 489 g/mol. The highest BCUT2D eigenvalue weighted by molar-refractivity contribution is 8.26. The van der Waals surface area contributed by atoms with Gasteiger partial charge in [-0.05, 0) is 49.6 Å². The maximum absolute atomic E-state index is 15.2. The smallest absolute Gasteiger partial charge is 0.239 e. The molecule has 2 aromatic heterocycles. The summed E-state index contributed by atoms with van der Waals surface area (Å²) in [6.45, 7) is 6.50. The molecule has 0 unspecified atom stereocenters. The third-order valence-electron chi connectivity index (χ3n) is 6.52. The number of halogens is 1. The Bertz CT molecular complexity index is 1180. The second-order valence-corrected chi connectivity index (χ2v) is 11.4. The number of nitrogens with one attached hydrogen (secondary N) is 2. The van der Waals surface area contributed by atoms with Crippen LogP contribution in [0.4, 0.5) is 4.39 Å². The number of nitriles is 1. The van der Waals surface area contributed by atoms with Crippen LogP contribution in [0.25, 0.3) is 5.52 Å². The third kappa shape index (κ3) is 5.26. The molecule has 12 heteroatoms. The number of pyridine rings is 1. The zero-order valence-corrected chi connectivity index (χ0v) is 21.4. The van der Waals surface area contributed by atoms with E-state index in [0.29, 0.717) is 68.5 Å². The summed E-state index contributed by atoms with van der Waals surface area (Å²) in [5, 5.41) is 43.4. The van der Waals surface area contributed by atoms with Gasteiger partial charge in [0, 0.05) is 29.7 Å². The number of likely N-dealkylation sites (tertiary alicyclic amines) is 1. The SMILES string of the molecule is CC(C)COCN1CCC(O)(c2cc(SN)cn3c(C(=N)SC(=N)C4(C#N)CC4)nc(F)c23)CC1. The minimum Gasteiger partial charge on any atom is -0.385 e. The van der Waals surface area contributed by atoms with E-state index in [0.717, 1.165) is 23.7 Å². The van der Waals surface area contributed by atoms with Gasteiger partial charge in [0.15, 0.2) is 5.82 Å². The van der Waals surface area contributed by atoms with E-state index in [9.17, 15) is 10.4 Å². The van der Waals surface area contributed by atoms with Crippen LogP contribution in [-0.4, -0.2) is 55.9 Å². The summed E-state index contributed by atoms with van der Waals surface area (Å²) in [7, 11) is 0. The number of hydrogen-bond donors (Lipinski definition) is 4. The maximum atomic E-state index is 15.2. The Hall–Kier alpha value is -2.01. The predicted octanol–water partition coefficient (Wildman–Crippen LogP) is 3.69. The average molecular weight is 520 g/mol. The van der Waals surface area contributed by atoms with Crippen LogP contribution < -0.4 is 5.14 Å². The van der Waals surface area contributed by atoms with Crippen molar-refractivity contribution in [1.29, 1.82) is 16.1 Å². The highest BCUT2D eigenvalue weighted by Gasteiger charge is 2.48. The van der Waals surface area contributed by atoms with Crippen molar-refractivity contribution in [1.82, 2.24) is 14.3 Å². The van der Waals surface area contributed by atoms with Crippen LogP contribution in [0.5, 0.6) is 0 Å². The Balaban J connectivity index is 1.61. The van der Waals surface area contributed by atoms with Crippen LogP contribution in [0, 0.1) is 39.4 Å². The van der Waals surface area contributed by atoms with Crippen LogP contribution in [0.1, 0.15) is 50.9 Å². The molecule has 1 aliphatic carbocycles. The topological polar surface area (TPSA) is 148 Å². The summed E-state index contributed by atoms with van der Waals surface area (Å²) < 4.78 is 22.4. The van der Waals surface area contributed by atoms with Crippen molar-refractivity contribution in [2.24, 2.45) is 16.5 Å². The standard InChI is InChI=1S/C23H30FN7O2S2/c1-14(2)11-33-13-30-7-5-23(32,6-8-30)16-9-15(35-28)10-31-17(16)18(24)29-20(31)19(26)34-21(27)22(12-25)3-4-22/h9-10,14,26-27,32H,3-8,11,13,28H2,1-2H3. The Labute approximate surface area is 212 Å². The first-order valence-corrected chi connectivity index (χ1v) is 13.2. The lowest BCUT2D eigenvalue weighted by Gasteiger charge is -2.38. The maximum Gasteiger partial charge on any atom is 0.239 e. The Morgan fingerprint density at radius 1 is 1.34 bits per heavy atom. The van der Waals surface area contributed by atoms with Crippen LogP contribution in [0.3, 0.4) is 0 Å². The van der Waals surface area contributed by atoms with Crippen LogP contribution in [0.15, 0.2) is 17.2 Å². The van der Waals surface area contributed by atoms with Gasteiger partial charge in [0.2, 0.25) is 5.95 Å². The fraction of sp³-hybridized carbons (Fsp3) is 0.565. The molecule has 9 nitrogen and oxygen atoms in total. The van der Waals surface area contributed by atoms with Crippen LogP contribution in [0.2, 0.25) is 0 Å². The first-order valence-electron chi connectivity index (χ1n) is 11.5. The Morgan fingerprint density at radius 3 is 2.60 bits per heavy atom. The molecule has 2 fully saturated rings. The Kier molecular flexibility index (Phi) is 7.57. The normalized spacial score (nSPS) is 19.1. The van der Waals surface area contributed by atoms with Crippen molar-refractivity contribution in [2.45, 2.75) is 50.0 Å². The lowest BCUT2D eigenvalue weighted by molar-refractivity contribution is -0.0612. The zero-order valence-electron chi connectivity index (χ0n) is 19.8. The van der Waals surface area contributed by atoms with E-state index in [2.05, 4.69) is 29.8 Å². The number of piperidine rings is 1. The van der Waals surface area contributed by atoms with Gasteiger partial charge < -0.3 is 9.84 Å². The van der Waals surface area contributed by atoms with Gasteiger partial charge in [-0.25, -0.2) is 0 Å². The summed E-state index contributed by atoms with van der Waals surface area (Å²) in [6, 6.07) is 3.83. The van der Waals surface area contributed by atoms with Crippen molar-refractivity contribution >= 4 is 39.3 Å². The molecule has 0 atom stereocenters. The van der Waals surface area contributed by atoms with Crippen molar-refractivity contribution in [3.8, 4) is 6.07 Å². The molecule has 3 heterocycles. The summed E-state index contributed by atoms with van der Waals surface area (Å²) in [5.41, 5.74) is -1.65. The molecule has 4 rings (SSSR count). The molecule has 0 radical (unpaired) electrons. The van der Waals surface area contributed by atoms with Crippen molar-refractivity contribution < 1.29 is 14.2 Å². The molecule has 188 valence electrons. The Morgan fingerprint density at radius 2 is 2.03 bits per heavy atom. The van der Waals surface area contributed by atoms with Gasteiger partial charge in [-0.15, -0.1) is 0 Å². The second kappa shape index (κ2) is 10.2. The zero-order chi connectivity index (χ0) is 25.4. The first-order chi connectivity index (χ1) is 16.6. The molecule has 1 saturated carbocycles. The molecular formula is C23H30FN7O2S2. The highest BCUT2D eigenvalue weighted by Crippen LogP contribution is 2.49. The molecule has 2 aromatic rings. The van der Waals surface area contributed by atoms with Gasteiger partial charge in [-0.1, -0.05) is 25.6 Å². The van der Waals surface area contributed by atoms with Crippen molar-refractivity contribution in [2.75, 3.05) is 26.4 Å². The molecule has 35 heavy (non-hydrogen) atoms. The van der Waals surface area contributed by atoms with E-state index >= 15 is 4.39 Å². The number of rotatable bonds is 8. The summed E-state index contributed by atoms with van der Waals surface area (Å²) in [4.78, 5) is 6.69. The number of aliphatic hydroxyl groups is 1. The van der Waals surface area contributed by atoms with E-state index < -0.39 is 17.0 Å². The van der Waals surface area contributed by atoms with Gasteiger partial charge in [0.1, 0.15) is 16.0 Å². The van der Waals surface area contributed by atoms with Crippen molar-refractivity contribution in [3.05, 3.63) is 29.6 Å². The molecule has 0 spiro atoms. The van der Waals surface area contributed by atoms with Gasteiger partial charge >= 0.3 is 0 Å². The van der Waals surface area contributed by atoms with E-state index in [1.807, 2.05) is 0 Å². The summed E-state index contributed by atoms with van der Waals surface area (Å²) in [5.74, 6) is -0.338. The molecule has 1 saturated heterocycles. The number of hydrogen-bond acceptors (Lipinski definition) is 10. The van der Waals surface area contributed by atoms with Crippen LogP contribution >= 0.6 is 23.7 Å². The highest BCUT2D eigenvalue weighted by atomic mass is 32.2. The van der Waals surface area contributed by atoms with E-state index in [-0.39, 0.29) is 21.4 Å². The molecule has 0 bridgehead atoms. The second-order valence-electron chi connectivity index (χ2n) is 9.65. The van der Waals surface area contributed by atoms with Gasteiger partial charge in [0.25, 0.3) is 0 Å². The van der Waals surface area contributed by atoms with Crippen LogP contribution in [-0.2, 0) is 10.3 Å². The minimum absolute atomic E-state index is 0.0151. The number of ether oxygens (including phenoxy) is 1. The number of nitrogens with zero attached hydrogens (tertiary/aromatic N) is 4. The molecule has 2 aliphatic rings. The van der Waals surface area contributed by atoms with Crippen molar-refractivity contribution in [3.63, 3.8) is 0 Å². The first kappa shape index (κ1) is 26.1. The fourth-order valence-corrected chi connectivity index (χ4v) is 5.46. The van der Waals surface area contributed by atoms with Gasteiger partial charge in [-0.3, -0.25) is 25.3 Å². The third-order valence-corrected chi connectivity index (χ3v) is 8.00. The number of thioether (sulfide) groups is 1. The summed E-state index contributed by atoms with van der Waals surface area (Å²) >= 11 is 1.77.